The van der Waals surface area contributed by atoms with E-state index in [-0.39, 0.29) is 18.6 Å². The molecule has 1 saturated heterocycles. The lowest BCUT2D eigenvalue weighted by atomic mass is 10.0. The summed E-state index contributed by atoms with van der Waals surface area (Å²) in [4.78, 5) is 14.4. The van der Waals surface area contributed by atoms with Crippen molar-refractivity contribution in [2.45, 2.75) is 59.0 Å². The van der Waals surface area contributed by atoms with Gasteiger partial charge < -0.3 is 9.64 Å². The second-order valence-corrected chi connectivity index (χ2v) is 6.71. The van der Waals surface area contributed by atoms with Crippen molar-refractivity contribution in [1.29, 1.82) is 0 Å². The number of hydrogen-bond donors (Lipinski definition) is 0. The van der Waals surface area contributed by atoms with Crippen LogP contribution in [0.25, 0.3) is 0 Å². The number of amides is 1. The Bertz CT molecular complexity index is 470. The number of aromatic nitrogens is 2. The minimum atomic E-state index is 0.123. The molecule has 5 heteroatoms. The summed E-state index contributed by atoms with van der Waals surface area (Å²) in [6.07, 6.45) is 8.23. The zero-order valence-electron chi connectivity index (χ0n) is 14.1. The van der Waals surface area contributed by atoms with E-state index < -0.39 is 0 Å². The fourth-order valence-corrected chi connectivity index (χ4v) is 2.86. The summed E-state index contributed by atoms with van der Waals surface area (Å²) in [5.41, 5.74) is 1.16. The highest BCUT2D eigenvalue weighted by Crippen LogP contribution is 2.19. The van der Waals surface area contributed by atoms with E-state index in [9.17, 15) is 4.79 Å². The van der Waals surface area contributed by atoms with Gasteiger partial charge in [-0.15, -0.1) is 0 Å². The fourth-order valence-electron chi connectivity index (χ4n) is 2.86. The zero-order chi connectivity index (χ0) is 15.9. The monoisotopic (exact) mass is 307 g/mol. The van der Waals surface area contributed by atoms with Crippen molar-refractivity contribution in [1.82, 2.24) is 14.7 Å². The molecule has 22 heavy (non-hydrogen) atoms. The molecule has 1 aromatic heterocycles. The van der Waals surface area contributed by atoms with Gasteiger partial charge in [0.15, 0.2) is 0 Å². The van der Waals surface area contributed by atoms with Gasteiger partial charge in [0.2, 0.25) is 5.91 Å². The lowest BCUT2D eigenvalue weighted by Crippen LogP contribution is -2.47. The molecule has 0 N–H and O–H groups in total. The first-order valence-corrected chi connectivity index (χ1v) is 8.42. The molecule has 1 amide bonds. The van der Waals surface area contributed by atoms with E-state index in [2.05, 4.69) is 18.9 Å². The van der Waals surface area contributed by atoms with Crippen molar-refractivity contribution in [3.05, 3.63) is 18.0 Å². The lowest BCUT2D eigenvalue weighted by Gasteiger charge is -2.35. The normalized spacial score (nSPS) is 18.9. The molecule has 2 heterocycles. The first-order chi connectivity index (χ1) is 10.6. The first-order valence-electron chi connectivity index (χ1n) is 8.42. The summed E-state index contributed by atoms with van der Waals surface area (Å²) in [5.74, 6) is 0.734. The summed E-state index contributed by atoms with van der Waals surface area (Å²) in [6.45, 7) is 8.87. The molecule has 124 valence electrons. The predicted molar refractivity (Wildman–Crippen MR) is 86.6 cm³/mol. The summed E-state index contributed by atoms with van der Waals surface area (Å²) in [5, 5.41) is 4.35. The third-order valence-corrected chi connectivity index (χ3v) is 4.17. The van der Waals surface area contributed by atoms with E-state index in [1.807, 2.05) is 28.9 Å². The topological polar surface area (TPSA) is 47.4 Å². The van der Waals surface area contributed by atoms with Crippen LogP contribution in [0.3, 0.4) is 0 Å². The highest BCUT2D eigenvalue weighted by Gasteiger charge is 2.27. The third kappa shape index (κ3) is 5.13. The van der Waals surface area contributed by atoms with Crippen LogP contribution < -0.4 is 0 Å². The van der Waals surface area contributed by atoms with Gasteiger partial charge in [0.25, 0.3) is 0 Å². The summed E-state index contributed by atoms with van der Waals surface area (Å²) in [6, 6.07) is 0.245. The molecule has 0 saturated carbocycles. The van der Waals surface area contributed by atoms with Gasteiger partial charge in [0, 0.05) is 19.3 Å². The number of aryl methyl sites for hydroxylation is 1. The number of piperidine rings is 1. The summed E-state index contributed by atoms with van der Waals surface area (Å²) in [7, 11) is 0. The second-order valence-electron chi connectivity index (χ2n) is 6.71. The smallest absolute Gasteiger partial charge is 0.248 e. The van der Waals surface area contributed by atoms with Crippen LogP contribution in [-0.4, -0.2) is 46.4 Å². The van der Waals surface area contributed by atoms with Gasteiger partial charge in [-0.1, -0.05) is 13.8 Å². The number of likely N-dealkylation sites (tertiary alicyclic amines) is 1. The minimum absolute atomic E-state index is 0.123. The predicted octanol–water partition coefficient (Wildman–Crippen LogP) is 2.64. The maximum absolute atomic E-state index is 12.4. The molecule has 5 nitrogen and oxygen atoms in total. The SMILES string of the molecule is Cc1cnn(C[C@H]2CCCCN2C(=O)COCCC(C)C)c1. The minimum Gasteiger partial charge on any atom is -0.372 e. The number of ether oxygens (including phenoxy) is 1. The zero-order valence-corrected chi connectivity index (χ0v) is 14.1. The molecule has 0 radical (unpaired) electrons. The van der Waals surface area contributed by atoms with Gasteiger partial charge >= 0.3 is 0 Å². The van der Waals surface area contributed by atoms with Crippen LogP contribution in [0.15, 0.2) is 12.4 Å². The average molecular weight is 307 g/mol. The molecule has 0 spiro atoms. The van der Waals surface area contributed by atoms with Gasteiger partial charge in [-0.05, 0) is 44.1 Å². The lowest BCUT2D eigenvalue weighted by molar-refractivity contribution is -0.140. The number of rotatable bonds is 7. The Hall–Kier alpha value is -1.36. The second kappa shape index (κ2) is 8.32. The maximum Gasteiger partial charge on any atom is 0.248 e. The van der Waals surface area contributed by atoms with Crippen LogP contribution in [0.1, 0.15) is 45.1 Å². The highest BCUT2D eigenvalue weighted by molar-refractivity contribution is 5.77. The van der Waals surface area contributed by atoms with E-state index in [1.165, 1.54) is 6.42 Å². The molecular weight excluding hydrogens is 278 g/mol. The maximum atomic E-state index is 12.4. The first kappa shape index (κ1) is 17.0. The van der Waals surface area contributed by atoms with Crippen LogP contribution in [0, 0.1) is 12.8 Å². The summed E-state index contributed by atoms with van der Waals surface area (Å²) >= 11 is 0. The molecule has 0 bridgehead atoms. The van der Waals surface area contributed by atoms with E-state index in [4.69, 9.17) is 4.74 Å². The molecule has 1 aliphatic rings. The standard InChI is InChI=1S/C17H29N3O2/c1-14(2)7-9-22-13-17(21)20-8-5-4-6-16(20)12-19-11-15(3)10-18-19/h10-11,14,16H,4-9,12-13H2,1-3H3/t16-/m1/s1. The van der Waals surface area contributed by atoms with Crippen molar-refractivity contribution >= 4 is 5.91 Å². The van der Waals surface area contributed by atoms with E-state index in [0.29, 0.717) is 12.5 Å². The molecule has 1 aliphatic heterocycles. The Morgan fingerprint density at radius 2 is 2.27 bits per heavy atom. The third-order valence-electron chi connectivity index (χ3n) is 4.17. The van der Waals surface area contributed by atoms with Gasteiger partial charge in [0.1, 0.15) is 6.61 Å². The van der Waals surface area contributed by atoms with E-state index >= 15 is 0 Å². The quantitative estimate of drug-likeness (QED) is 0.728. The highest BCUT2D eigenvalue weighted by atomic mass is 16.5. The number of hydrogen-bond acceptors (Lipinski definition) is 3. The van der Waals surface area contributed by atoms with Crippen LogP contribution >= 0.6 is 0 Å². The van der Waals surface area contributed by atoms with Gasteiger partial charge in [-0.25, -0.2) is 0 Å². The number of carbonyl (C=O) groups excluding carboxylic acids is 1. The molecule has 1 atom stereocenters. The van der Waals surface area contributed by atoms with E-state index in [0.717, 1.165) is 37.9 Å². The molecule has 1 fully saturated rings. The van der Waals surface area contributed by atoms with Crippen molar-refractivity contribution < 1.29 is 9.53 Å². The van der Waals surface area contributed by atoms with Crippen molar-refractivity contribution in [2.24, 2.45) is 5.92 Å². The fraction of sp³-hybridized carbons (Fsp3) is 0.765. The average Bonchev–Trinajstić information content (AvgIpc) is 2.89. The molecular formula is C17H29N3O2. The van der Waals surface area contributed by atoms with Gasteiger partial charge in [-0.3, -0.25) is 9.48 Å². The Labute approximate surface area is 133 Å². The van der Waals surface area contributed by atoms with Gasteiger partial charge in [-0.2, -0.15) is 5.10 Å². The molecule has 2 rings (SSSR count). The Balaban J connectivity index is 1.84. The van der Waals surface area contributed by atoms with Crippen molar-refractivity contribution in [2.75, 3.05) is 19.8 Å². The van der Waals surface area contributed by atoms with Gasteiger partial charge in [0.05, 0.1) is 18.8 Å². The number of carbonyl (C=O) groups is 1. The number of nitrogens with zero attached hydrogens (tertiary/aromatic N) is 3. The van der Waals surface area contributed by atoms with Crippen LogP contribution in [0.5, 0.6) is 0 Å². The van der Waals surface area contributed by atoms with Crippen LogP contribution in [0.4, 0.5) is 0 Å². The van der Waals surface area contributed by atoms with Crippen molar-refractivity contribution in [3.63, 3.8) is 0 Å². The van der Waals surface area contributed by atoms with Crippen LogP contribution in [0.2, 0.25) is 0 Å². The van der Waals surface area contributed by atoms with Crippen molar-refractivity contribution in [3.8, 4) is 0 Å². The molecule has 0 aliphatic carbocycles. The molecule has 1 aromatic rings. The Morgan fingerprint density at radius 3 is 2.95 bits per heavy atom. The molecule has 0 unspecified atom stereocenters. The summed E-state index contributed by atoms with van der Waals surface area (Å²) < 4.78 is 7.50. The largest absolute Gasteiger partial charge is 0.372 e. The Morgan fingerprint density at radius 1 is 1.45 bits per heavy atom. The molecule has 0 aromatic carbocycles. The Kier molecular flexibility index (Phi) is 6.43. The van der Waals surface area contributed by atoms with Crippen LogP contribution in [-0.2, 0) is 16.1 Å². The van der Waals surface area contributed by atoms with E-state index in [1.54, 1.807) is 0 Å².